The number of hydrogen-bond acceptors (Lipinski definition) is 9. The zero-order valence-electron chi connectivity index (χ0n) is 16.4. The van der Waals surface area contributed by atoms with Gasteiger partial charge in [-0.1, -0.05) is 13.2 Å². The number of ketones is 2. The van der Waals surface area contributed by atoms with Crippen molar-refractivity contribution in [1.82, 2.24) is 0 Å². The first-order valence-corrected chi connectivity index (χ1v) is 11.6. The maximum Gasteiger partial charge on any atom is 0.483 e. The molecule has 0 spiro atoms. The molecule has 13 heteroatoms. The van der Waals surface area contributed by atoms with Crippen molar-refractivity contribution >= 4 is 27.2 Å². The molecule has 0 saturated heterocycles. The number of phosphoric acid groups is 2. The maximum absolute atomic E-state index is 12.4. The van der Waals surface area contributed by atoms with Gasteiger partial charge in [-0.3, -0.25) is 18.6 Å². The normalized spacial score (nSPS) is 15.9. The van der Waals surface area contributed by atoms with Gasteiger partial charge in [-0.2, -0.15) is 4.31 Å². The third kappa shape index (κ3) is 12.3. The van der Waals surface area contributed by atoms with Crippen molar-refractivity contribution in [1.29, 1.82) is 0 Å². The van der Waals surface area contributed by atoms with Crippen molar-refractivity contribution in [2.24, 2.45) is 0 Å². The molecule has 11 nitrogen and oxygen atoms in total. The molecule has 0 fully saturated rings. The summed E-state index contributed by atoms with van der Waals surface area (Å²) in [6, 6.07) is 0. The lowest BCUT2D eigenvalue weighted by atomic mass is 10.1. The SMILES string of the molecule is C=C(C)C(=O)C(O)CCCOP(=O)(OCCCC(O)C(=O)C(=C)C)OP(=O)(O)O. The number of aliphatic hydroxyl groups excluding tert-OH is 2. The predicted octanol–water partition coefficient (Wildman–Crippen LogP) is 1.81. The first-order valence-electron chi connectivity index (χ1n) is 8.60. The zero-order valence-corrected chi connectivity index (χ0v) is 18.1. The van der Waals surface area contributed by atoms with Crippen LogP contribution in [0.1, 0.15) is 39.5 Å². The zero-order chi connectivity index (χ0) is 22.8. The highest BCUT2D eigenvalue weighted by atomic mass is 31.3. The van der Waals surface area contributed by atoms with Crippen molar-refractivity contribution in [2.75, 3.05) is 13.2 Å². The van der Waals surface area contributed by atoms with Crippen LogP contribution in [-0.4, -0.2) is 57.0 Å². The molecule has 0 aromatic heterocycles. The van der Waals surface area contributed by atoms with Gasteiger partial charge in [-0.05, 0) is 50.7 Å². The summed E-state index contributed by atoms with van der Waals surface area (Å²) in [6.07, 6.45) is -2.82. The average molecular weight is 458 g/mol. The summed E-state index contributed by atoms with van der Waals surface area (Å²) in [5.41, 5.74) is 0.314. The van der Waals surface area contributed by atoms with Gasteiger partial charge in [0.2, 0.25) is 0 Å². The van der Waals surface area contributed by atoms with E-state index in [2.05, 4.69) is 17.5 Å². The number of hydrogen-bond donors (Lipinski definition) is 4. The van der Waals surface area contributed by atoms with E-state index in [4.69, 9.17) is 18.8 Å². The smallest absolute Gasteiger partial charge is 0.385 e. The topological polar surface area (TPSA) is 177 Å². The minimum Gasteiger partial charge on any atom is -0.385 e. The molecular formula is C16H28O11P2. The minimum atomic E-state index is -5.22. The average Bonchev–Trinajstić information content (AvgIpc) is 2.59. The van der Waals surface area contributed by atoms with Gasteiger partial charge < -0.3 is 20.0 Å². The van der Waals surface area contributed by atoms with Crippen LogP contribution in [0.25, 0.3) is 0 Å². The molecule has 0 aliphatic rings. The first kappa shape index (κ1) is 28.0. The Kier molecular flexibility index (Phi) is 12.2. The molecule has 0 rings (SSSR count). The molecule has 2 unspecified atom stereocenters. The quantitative estimate of drug-likeness (QED) is 0.151. The van der Waals surface area contributed by atoms with E-state index in [1.165, 1.54) is 13.8 Å². The summed E-state index contributed by atoms with van der Waals surface area (Å²) in [7, 11) is -9.90. The Hall–Kier alpha value is -1.00. The minimum absolute atomic E-state index is 0.00385. The molecule has 0 amide bonds. The van der Waals surface area contributed by atoms with Crippen molar-refractivity contribution in [3.63, 3.8) is 0 Å². The lowest BCUT2D eigenvalue weighted by molar-refractivity contribution is -0.124. The van der Waals surface area contributed by atoms with Gasteiger partial charge in [-0.25, -0.2) is 9.13 Å². The molecule has 0 aliphatic carbocycles. The van der Waals surface area contributed by atoms with Crippen LogP contribution < -0.4 is 0 Å². The second-order valence-corrected chi connectivity index (χ2v) is 9.34. The van der Waals surface area contributed by atoms with Crippen LogP contribution in [0.3, 0.4) is 0 Å². The Labute approximate surface area is 169 Å². The lowest BCUT2D eigenvalue weighted by Crippen LogP contribution is -2.21. The number of aliphatic hydroxyl groups is 2. The molecule has 0 aromatic carbocycles. The number of Topliss-reactive ketones (excluding diaryl/α,β-unsaturated/α-hetero) is 2. The van der Waals surface area contributed by atoms with Crippen molar-refractivity contribution < 1.29 is 52.1 Å². The lowest BCUT2D eigenvalue weighted by Gasteiger charge is -2.19. The van der Waals surface area contributed by atoms with Crippen LogP contribution in [0.2, 0.25) is 0 Å². The van der Waals surface area contributed by atoms with Gasteiger partial charge in [-0.15, -0.1) is 0 Å². The van der Waals surface area contributed by atoms with E-state index in [1.54, 1.807) is 0 Å². The van der Waals surface area contributed by atoms with Gasteiger partial charge in [0.05, 0.1) is 13.2 Å². The van der Waals surface area contributed by atoms with E-state index in [-0.39, 0.29) is 36.8 Å². The molecule has 0 heterocycles. The molecule has 29 heavy (non-hydrogen) atoms. The molecule has 0 saturated carbocycles. The molecule has 0 radical (unpaired) electrons. The second-order valence-electron chi connectivity index (χ2n) is 6.29. The fourth-order valence-corrected chi connectivity index (χ4v) is 4.15. The van der Waals surface area contributed by atoms with Gasteiger partial charge in [0.15, 0.2) is 11.6 Å². The highest BCUT2D eigenvalue weighted by molar-refractivity contribution is 7.61. The van der Waals surface area contributed by atoms with E-state index >= 15 is 0 Å². The summed E-state index contributed by atoms with van der Waals surface area (Å²) in [6.45, 7) is 8.88. The Morgan fingerprint density at radius 1 is 0.862 bits per heavy atom. The Balaban J connectivity index is 4.62. The van der Waals surface area contributed by atoms with Gasteiger partial charge >= 0.3 is 15.6 Å². The summed E-state index contributed by atoms with van der Waals surface area (Å²) in [5, 5.41) is 19.3. The summed E-state index contributed by atoms with van der Waals surface area (Å²) in [5.74, 6) is -1.14. The second kappa shape index (κ2) is 12.6. The van der Waals surface area contributed by atoms with Crippen LogP contribution in [0.5, 0.6) is 0 Å². The highest BCUT2D eigenvalue weighted by Crippen LogP contribution is 2.61. The van der Waals surface area contributed by atoms with Crippen LogP contribution in [0.15, 0.2) is 24.3 Å². The number of phosphoric ester groups is 1. The van der Waals surface area contributed by atoms with E-state index in [9.17, 15) is 28.9 Å². The molecule has 0 bridgehead atoms. The fraction of sp³-hybridized carbons (Fsp3) is 0.625. The van der Waals surface area contributed by atoms with Gasteiger partial charge in [0, 0.05) is 0 Å². The van der Waals surface area contributed by atoms with Crippen LogP contribution in [-0.2, 0) is 32.1 Å². The molecule has 0 aliphatic heterocycles. The molecule has 0 aromatic rings. The summed E-state index contributed by atoms with van der Waals surface area (Å²) >= 11 is 0. The monoisotopic (exact) mass is 458 g/mol. The Morgan fingerprint density at radius 3 is 1.48 bits per heavy atom. The van der Waals surface area contributed by atoms with E-state index in [0.29, 0.717) is 0 Å². The van der Waals surface area contributed by atoms with Crippen molar-refractivity contribution in [3.8, 4) is 0 Å². The van der Waals surface area contributed by atoms with Crippen molar-refractivity contribution in [3.05, 3.63) is 24.3 Å². The number of carbonyl (C=O) groups is 2. The van der Waals surface area contributed by atoms with E-state index in [1.807, 2.05) is 0 Å². The fourth-order valence-electron chi connectivity index (χ4n) is 1.95. The third-order valence-electron chi connectivity index (χ3n) is 3.40. The van der Waals surface area contributed by atoms with Crippen LogP contribution in [0, 0.1) is 0 Å². The number of carbonyl (C=O) groups excluding carboxylic acids is 2. The van der Waals surface area contributed by atoms with Crippen LogP contribution >= 0.6 is 15.6 Å². The summed E-state index contributed by atoms with van der Waals surface area (Å²) in [4.78, 5) is 40.7. The largest absolute Gasteiger partial charge is 0.483 e. The van der Waals surface area contributed by atoms with Crippen molar-refractivity contribution in [2.45, 2.75) is 51.7 Å². The van der Waals surface area contributed by atoms with E-state index in [0.717, 1.165) is 0 Å². The van der Waals surface area contributed by atoms with Gasteiger partial charge in [0.1, 0.15) is 12.2 Å². The predicted molar refractivity (Wildman–Crippen MR) is 103 cm³/mol. The van der Waals surface area contributed by atoms with E-state index < -0.39 is 52.6 Å². The highest BCUT2D eigenvalue weighted by Gasteiger charge is 2.36. The van der Waals surface area contributed by atoms with Gasteiger partial charge in [0.25, 0.3) is 0 Å². The standard InChI is InChI=1S/C16H28O11P2/c1-11(2)15(19)13(17)7-5-9-25-29(24,27-28(21,22)23)26-10-6-8-14(18)16(20)12(3)4/h13-14,17-18H,1,3,5-10H2,2,4H3,(H2,21,22,23). The molecule has 4 N–H and O–H groups in total. The first-order chi connectivity index (χ1) is 13.2. The Morgan fingerprint density at radius 2 is 1.21 bits per heavy atom. The molecular weight excluding hydrogens is 430 g/mol. The number of rotatable bonds is 16. The van der Waals surface area contributed by atoms with Crippen LogP contribution in [0.4, 0.5) is 0 Å². The molecule has 168 valence electrons. The maximum atomic E-state index is 12.4. The third-order valence-corrected chi connectivity index (χ3v) is 6.04. The Bertz CT molecular complexity index is 653. The summed E-state index contributed by atoms with van der Waals surface area (Å²) < 4.78 is 37.1. The molecule has 2 atom stereocenters.